The molecule has 0 aromatic heterocycles. The molecule has 2 aliphatic rings. The molecule has 0 radical (unpaired) electrons. The van der Waals surface area contributed by atoms with Gasteiger partial charge in [-0.1, -0.05) is 32.9 Å². The fourth-order valence-electron chi connectivity index (χ4n) is 3.77. The molecule has 2 atom stereocenters. The molecule has 2 unspecified atom stereocenters. The van der Waals surface area contributed by atoms with Crippen LogP contribution in [0.5, 0.6) is 0 Å². The summed E-state index contributed by atoms with van der Waals surface area (Å²) in [4.78, 5) is 37.3. The Kier molecular flexibility index (Phi) is 3.66. The van der Waals surface area contributed by atoms with Gasteiger partial charge in [0.25, 0.3) is 11.8 Å². The van der Waals surface area contributed by atoms with E-state index >= 15 is 0 Å². The Morgan fingerprint density at radius 1 is 1.25 bits per heavy atom. The van der Waals surface area contributed by atoms with Crippen LogP contribution in [0.25, 0.3) is 0 Å². The molecule has 1 aromatic rings. The monoisotopic (exact) mass is 330 g/mol. The van der Waals surface area contributed by atoms with E-state index in [0.29, 0.717) is 24.0 Å². The van der Waals surface area contributed by atoms with Crippen LogP contribution in [0.15, 0.2) is 24.3 Å². The van der Waals surface area contributed by atoms with E-state index in [9.17, 15) is 14.4 Å². The fraction of sp³-hybridized carbons (Fsp3) is 0.500. The number of primary amides is 1. The highest BCUT2D eigenvalue weighted by atomic mass is 16.6. The number of carbonyl (C=O) groups excluding carboxylic acids is 3. The molecule has 0 bridgehead atoms. The SMILES string of the molecule is CC(C)(C)C1CC1(CCN1C(=O)c2ccccc2C1=O)OC(N)=O. The minimum atomic E-state index is -0.816. The highest BCUT2D eigenvalue weighted by Crippen LogP contribution is 2.58. The molecule has 6 nitrogen and oxygen atoms in total. The molecule has 2 N–H and O–H groups in total. The summed E-state index contributed by atoms with van der Waals surface area (Å²) < 4.78 is 5.38. The molecule has 1 heterocycles. The molecule has 1 saturated carbocycles. The van der Waals surface area contributed by atoms with Crippen LogP contribution in [0.2, 0.25) is 0 Å². The zero-order chi connectivity index (χ0) is 17.7. The fourth-order valence-corrected chi connectivity index (χ4v) is 3.77. The second-order valence-electron chi connectivity index (χ2n) is 7.67. The first-order valence-corrected chi connectivity index (χ1v) is 8.09. The third kappa shape index (κ3) is 2.66. The molecule has 24 heavy (non-hydrogen) atoms. The smallest absolute Gasteiger partial charge is 0.405 e. The minimum absolute atomic E-state index is 0.0442. The number of nitrogens with two attached hydrogens (primary N) is 1. The summed E-state index contributed by atoms with van der Waals surface area (Å²) in [7, 11) is 0. The van der Waals surface area contributed by atoms with Crippen LogP contribution in [0.1, 0.15) is 54.3 Å². The van der Waals surface area contributed by atoms with Crippen molar-refractivity contribution < 1.29 is 19.1 Å². The second-order valence-corrected chi connectivity index (χ2v) is 7.67. The van der Waals surface area contributed by atoms with Crippen molar-refractivity contribution in [2.75, 3.05) is 6.54 Å². The number of imide groups is 1. The Hall–Kier alpha value is -2.37. The van der Waals surface area contributed by atoms with E-state index in [-0.39, 0.29) is 29.7 Å². The lowest BCUT2D eigenvalue weighted by molar-refractivity contribution is 0.0454. The number of amides is 3. The molecule has 0 spiro atoms. The summed E-state index contributed by atoms with van der Waals surface area (Å²) in [6.07, 6.45) is 0.287. The van der Waals surface area contributed by atoms with Crippen LogP contribution in [0, 0.1) is 11.3 Å². The van der Waals surface area contributed by atoms with Gasteiger partial charge in [-0.2, -0.15) is 0 Å². The average Bonchev–Trinajstić information content (AvgIpc) is 3.15. The van der Waals surface area contributed by atoms with Crippen LogP contribution in [-0.4, -0.2) is 35.0 Å². The van der Waals surface area contributed by atoms with E-state index in [1.165, 1.54) is 4.90 Å². The van der Waals surface area contributed by atoms with E-state index in [2.05, 4.69) is 20.8 Å². The van der Waals surface area contributed by atoms with Crippen LogP contribution in [0.4, 0.5) is 4.79 Å². The Morgan fingerprint density at radius 2 is 1.79 bits per heavy atom. The number of carbonyl (C=O) groups is 3. The molecular formula is C18H22N2O4. The maximum atomic E-state index is 12.4. The highest BCUT2D eigenvalue weighted by Gasteiger charge is 2.62. The number of nitrogens with zero attached hydrogens (tertiary/aromatic N) is 1. The van der Waals surface area contributed by atoms with Crippen molar-refractivity contribution in [1.82, 2.24) is 4.90 Å². The number of hydrogen-bond acceptors (Lipinski definition) is 4. The molecule has 1 aliphatic carbocycles. The quantitative estimate of drug-likeness (QED) is 0.859. The van der Waals surface area contributed by atoms with Gasteiger partial charge in [-0.15, -0.1) is 0 Å². The molecular weight excluding hydrogens is 308 g/mol. The standard InChI is InChI=1S/C18H22N2O4/c1-17(2,3)13-10-18(13,24-16(19)23)8-9-20-14(21)11-6-4-5-7-12(11)15(20)22/h4-7,13H,8-10H2,1-3H3,(H2,19,23). The summed E-state index contributed by atoms with van der Waals surface area (Å²) in [5.74, 6) is -0.428. The van der Waals surface area contributed by atoms with Gasteiger partial charge in [-0.05, 0) is 24.0 Å². The summed E-state index contributed by atoms with van der Waals surface area (Å²) in [5, 5.41) is 0. The summed E-state index contributed by atoms with van der Waals surface area (Å²) in [6.45, 7) is 6.44. The van der Waals surface area contributed by atoms with E-state index in [0.717, 1.165) is 0 Å². The van der Waals surface area contributed by atoms with E-state index in [1.54, 1.807) is 24.3 Å². The molecule has 1 fully saturated rings. The van der Waals surface area contributed by atoms with Gasteiger partial charge in [-0.3, -0.25) is 14.5 Å². The van der Waals surface area contributed by atoms with Gasteiger partial charge >= 0.3 is 6.09 Å². The first-order valence-electron chi connectivity index (χ1n) is 8.09. The Balaban J connectivity index is 1.74. The van der Waals surface area contributed by atoms with E-state index in [1.807, 2.05) is 0 Å². The highest BCUT2D eigenvalue weighted by molar-refractivity contribution is 6.21. The molecule has 0 saturated heterocycles. The van der Waals surface area contributed by atoms with Crippen molar-refractivity contribution in [2.45, 2.75) is 39.2 Å². The van der Waals surface area contributed by atoms with E-state index in [4.69, 9.17) is 10.5 Å². The van der Waals surface area contributed by atoms with Crippen molar-refractivity contribution in [1.29, 1.82) is 0 Å². The molecule has 128 valence electrons. The lowest BCUT2D eigenvalue weighted by Crippen LogP contribution is -2.37. The van der Waals surface area contributed by atoms with Gasteiger partial charge in [-0.25, -0.2) is 4.79 Å². The first kappa shape index (κ1) is 16.5. The number of rotatable bonds is 4. The maximum absolute atomic E-state index is 12.4. The average molecular weight is 330 g/mol. The first-order chi connectivity index (χ1) is 11.2. The van der Waals surface area contributed by atoms with Crippen molar-refractivity contribution in [3.8, 4) is 0 Å². The summed E-state index contributed by atoms with van der Waals surface area (Å²) in [6, 6.07) is 6.78. The topological polar surface area (TPSA) is 89.7 Å². The second kappa shape index (κ2) is 5.33. The van der Waals surface area contributed by atoms with Crippen molar-refractivity contribution in [2.24, 2.45) is 17.1 Å². The lowest BCUT2D eigenvalue weighted by Gasteiger charge is -2.26. The van der Waals surface area contributed by atoms with Crippen LogP contribution in [0.3, 0.4) is 0 Å². The molecule has 3 rings (SSSR count). The van der Waals surface area contributed by atoms with Gasteiger partial charge in [0, 0.05) is 18.9 Å². The van der Waals surface area contributed by atoms with Crippen molar-refractivity contribution >= 4 is 17.9 Å². The third-order valence-electron chi connectivity index (χ3n) is 5.01. The van der Waals surface area contributed by atoms with Crippen LogP contribution < -0.4 is 5.73 Å². The zero-order valence-electron chi connectivity index (χ0n) is 14.2. The predicted molar refractivity (Wildman–Crippen MR) is 87.4 cm³/mol. The number of hydrogen-bond donors (Lipinski definition) is 1. The van der Waals surface area contributed by atoms with Gasteiger partial charge < -0.3 is 10.5 Å². The number of benzene rings is 1. The Labute approximate surface area is 140 Å². The lowest BCUT2D eigenvalue weighted by atomic mass is 9.87. The number of ether oxygens (including phenoxy) is 1. The number of fused-ring (bicyclic) bond motifs is 1. The van der Waals surface area contributed by atoms with E-state index < -0.39 is 11.7 Å². The normalized spacial score (nSPS) is 25.6. The summed E-state index contributed by atoms with van der Waals surface area (Å²) >= 11 is 0. The Morgan fingerprint density at radius 3 is 2.21 bits per heavy atom. The molecule has 3 amide bonds. The zero-order valence-corrected chi connectivity index (χ0v) is 14.2. The minimum Gasteiger partial charge on any atom is -0.443 e. The van der Waals surface area contributed by atoms with Gasteiger partial charge in [0.1, 0.15) is 5.60 Å². The molecule has 1 aliphatic heterocycles. The predicted octanol–water partition coefficient (Wildman–Crippen LogP) is 2.57. The molecule has 6 heteroatoms. The van der Waals surface area contributed by atoms with Gasteiger partial charge in [0.2, 0.25) is 0 Å². The molecule has 1 aromatic carbocycles. The van der Waals surface area contributed by atoms with Crippen LogP contribution >= 0.6 is 0 Å². The Bertz CT molecular complexity index is 687. The van der Waals surface area contributed by atoms with Crippen molar-refractivity contribution in [3.05, 3.63) is 35.4 Å². The summed E-state index contributed by atoms with van der Waals surface area (Å²) in [5.41, 5.74) is 5.35. The largest absolute Gasteiger partial charge is 0.443 e. The van der Waals surface area contributed by atoms with Crippen molar-refractivity contribution in [3.63, 3.8) is 0 Å². The van der Waals surface area contributed by atoms with Gasteiger partial charge in [0.05, 0.1) is 11.1 Å². The maximum Gasteiger partial charge on any atom is 0.405 e. The van der Waals surface area contributed by atoms with Gasteiger partial charge in [0.15, 0.2) is 0 Å². The van der Waals surface area contributed by atoms with Crippen LogP contribution in [-0.2, 0) is 4.74 Å². The third-order valence-corrected chi connectivity index (χ3v) is 5.01.